The Morgan fingerprint density at radius 3 is 2.95 bits per heavy atom. The predicted octanol–water partition coefficient (Wildman–Crippen LogP) is 4.24. The summed E-state index contributed by atoms with van der Waals surface area (Å²) >= 11 is 5.39. The van der Waals surface area contributed by atoms with Crippen LogP contribution in [0, 0.1) is 5.92 Å². The van der Waals surface area contributed by atoms with Gasteiger partial charge in [0.15, 0.2) is 0 Å². The molecule has 0 spiro atoms. The third kappa shape index (κ3) is 2.77. The molecule has 3 nitrogen and oxygen atoms in total. The molecule has 0 unspecified atom stereocenters. The summed E-state index contributed by atoms with van der Waals surface area (Å²) in [6.45, 7) is 2.98. The van der Waals surface area contributed by atoms with Crippen molar-refractivity contribution < 1.29 is 4.74 Å². The molecule has 1 fully saturated rings. The largest absolute Gasteiger partial charge is 0.492 e. The molecular weight excluding hydrogens is 324 g/mol. The topological polar surface area (TPSA) is 27.1 Å². The molecular formula is C14H17BrN2OS. The molecule has 5 heteroatoms. The van der Waals surface area contributed by atoms with Crippen molar-refractivity contribution in [2.45, 2.75) is 24.8 Å². The van der Waals surface area contributed by atoms with Crippen molar-refractivity contribution in [3.05, 3.63) is 16.6 Å². The molecule has 1 saturated carbocycles. The molecule has 2 aromatic rings. The van der Waals surface area contributed by atoms with Crippen LogP contribution in [0.25, 0.3) is 10.9 Å². The maximum atomic E-state index is 5.90. The summed E-state index contributed by atoms with van der Waals surface area (Å²) < 4.78 is 8.85. The minimum Gasteiger partial charge on any atom is -0.492 e. The Balaban J connectivity index is 1.96. The van der Waals surface area contributed by atoms with Gasteiger partial charge in [0.25, 0.3) is 0 Å². The Labute approximate surface area is 125 Å². The Bertz CT molecular complexity index is 607. The van der Waals surface area contributed by atoms with E-state index in [9.17, 15) is 0 Å². The van der Waals surface area contributed by atoms with E-state index in [1.54, 1.807) is 11.8 Å². The van der Waals surface area contributed by atoms with Crippen molar-refractivity contribution in [1.82, 2.24) is 9.78 Å². The first-order chi connectivity index (χ1) is 9.19. The number of benzene rings is 1. The van der Waals surface area contributed by atoms with Crippen LogP contribution in [0.5, 0.6) is 5.75 Å². The molecule has 0 bridgehead atoms. The van der Waals surface area contributed by atoms with E-state index in [1.165, 1.54) is 18.2 Å². The fourth-order valence-corrected chi connectivity index (χ4v) is 3.30. The number of rotatable bonds is 5. The van der Waals surface area contributed by atoms with Crippen molar-refractivity contribution in [1.29, 1.82) is 0 Å². The van der Waals surface area contributed by atoms with Gasteiger partial charge in [-0.3, -0.25) is 4.68 Å². The zero-order chi connectivity index (χ0) is 13.4. The third-order valence-electron chi connectivity index (χ3n) is 3.32. The van der Waals surface area contributed by atoms with Crippen molar-refractivity contribution >= 4 is 38.6 Å². The minimum atomic E-state index is 0.764. The quantitative estimate of drug-likeness (QED) is 0.762. The SMILES string of the molecule is CCSc1nn(C)c2cc(OCC3CC3)c(Br)cc12. The number of thioether (sulfide) groups is 1. The number of hydrogen-bond acceptors (Lipinski definition) is 3. The van der Waals surface area contributed by atoms with Crippen LogP contribution in [0.2, 0.25) is 0 Å². The molecule has 0 saturated heterocycles. The van der Waals surface area contributed by atoms with Crippen LogP contribution in [0.4, 0.5) is 0 Å². The first-order valence-corrected chi connectivity index (χ1v) is 8.38. The molecule has 1 aliphatic carbocycles. The Kier molecular flexibility index (Phi) is 3.76. The molecule has 1 heterocycles. The van der Waals surface area contributed by atoms with Gasteiger partial charge in [0.05, 0.1) is 16.6 Å². The molecule has 102 valence electrons. The average molecular weight is 341 g/mol. The predicted molar refractivity (Wildman–Crippen MR) is 83.0 cm³/mol. The van der Waals surface area contributed by atoms with Crippen molar-refractivity contribution in [2.24, 2.45) is 13.0 Å². The Hall–Kier alpha value is -0.680. The highest BCUT2D eigenvalue weighted by molar-refractivity contribution is 9.10. The number of ether oxygens (including phenoxy) is 1. The van der Waals surface area contributed by atoms with E-state index in [0.717, 1.165) is 39.0 Å². The molecule has 1 aromatic heterocycles. The van der Waals surface area contributed by atoms with Gasteiger partial charge in [0.2, 0.25) is 0 Å². The third-order valence-corrected chi connectivity index (χ3v) is 4.81. The van der Waals surface area contributed by atoms with Gasteiger partial charge >= 0.3 is 0 Å². The zero-order valence-corrected chi connectivity index (χ0v) is 13.6. The summed E-state index contributed by atoms with van der Waals surface area (Å²) in [6, 6.07) is 4.22. The lowest BCUT2D eigenvalue weighted by atomic mass is 10.2. The zero-order valence-electron chi connectivity index (χ0n) is 11.1. The lowest BCUT2D eigenvalue weighted by molar-refractivity contribution is 0.298. The fraction of sp³-hybridized carbons (Fsp3) is 0.500. The molecule has 1 aliphatic rings. The lowest BCUT2D eigenvalue weighted by Gasteiger charge is -2.08. The van der Waals surface area contributed by atoms with E-state index in [4.69, 9.17) is 4.74 Å². The standard InChI is InChI=1S/C14H17BrN2OS/c1-3-19-14-10-6-11(15)13(18-8-9-4-5-9)7-12(10)17(2)16-14/h6-7,9H,3-5,8H2,1-2H3. The normalized spacial score (nSPS) is 15.1. The monoisotopic (exact) mass is 340 g/mol. The lowest BCUT2D eigenvalue weighted by Crippen LogP contribution is -2.00. The van der Waals surface area contributed by atoms with Gasteiger partial charge in [-0.1, -0.05) is 6.92 Å². The van der Waals surface area contributed by atoms with E-state index < -0.39 is 0 Å². The van der Waals surface area contributed by atoms with Crippen molar-refractivity contribution in [3.63, 3.8) is 0 Å². The summed E-state index contributed by atoms with van der Waals surface area (Å²) in [6.07, 6.45) is 2.62. The molecule has 3 rings (SSSR count). The molecule has 0 atom stereocenters. The fourth-order valence-electron chi connectivity index (χ4n) is 2.07. The summed E-state index contributed by atoms with van der Waals surface area (Å²) in [5, 5.41) is 6.86. The number of hydrogen-bond donors (Lipinski definition) is 0. The Morgan fingerprint density at radius 2 is 2.26 bits per heavy atom. The van der Waals surface area contributed by atoms with Gasteiger partial charge in [0, 0.05) is 18.5 Å². The van der Waals surface area contributed by atoms with Gasteiger partial charge in [-0.15, -0.1) is 11.8 Å². The van der Waals surface area contributed by atoms with Crippen LogP contribution < -0.4 is 4.74 Å². The van der Waals surface area contributed by atoms with E-state index in [1.807, 2.05) is 11.7 Å². The number of halogens is 1. The smallest absolute Gasteiger partial charge is 0.135 e. The van der Waals surface area contributed by atoms with Crippen LogP contribution in [-0.2, 0) is 7.05 Å². The van der Waals surface area contributed by atoms with Crippen LogP contribution >= 0.6 is 27.7 Å². The molecule has 0 radical (unpaired) electrons. The van der Waals surface area contributed by atoms with Gasteiger partial charge in [-0.25, -0.2) is 0 Å². The van der Waals surface area contributed by atoms with Crippen LogP contribution in [0.3, 0.4) is 0 Å². The van der Waals surface area contributed by atoms with Crippen LogP contribution in [0.15, 0.2) is 21.6 Å². The van der Waals surface area contributed by atoms with Crippen molar-refractivity contribution in [3.8, 4) is 5.75 Å². The summed E-state index contributed by atoms with van der Waals surface area (Å²) in [5.74, 6) is 2.72. The van der Waals surface area contributed by atoms with E-state index >= 15 is 0 Å². The van der Waals surface area contributed by atoms with Crippen LogP contribution in [0.1, 0.15) is 19.8 Å². The van der Waals surface area contributed by atoms with E-state index in [0.29, 0.717) is 0 Å². The number of nitrogens with zero attached hydrogens (tertiary/aromatic N) is 2. The van der Waals surface area contributed by atoms with Gasteiger partial charge < -0.3 is 4.74 Å². The van der Waals surface area contributed by atoms with Gasteiger partial charge in [0.1, 0.15) is 10.8 Å². The Morgan fingerprint density at radius 1 is 1.47 bits per heavy atom. The van der Waals surface area contributed by atoms with Crippen molar-refractivity contribution in [2.75, 3.05) is 12.4 Å². The highest BCUT2D eigenvalue weighted by Gasteiger charge is 2.22. The van der Waals surface area contributed by atoms with Gasteiger partial charge in [-0.05, 0) is 46.5 Å². The van der Waals surface area contributed by atoms with Gasteiger partial charge in [-0.2, -0.15) is 5.10 Å². The first-order valence-electron chi connectivity index (χ1n) is 6.61. The second-order valence-electron chi connectivity index (χ2n) is 4.92. The van der Waals surface area contributed by atoms with Crippen LogP contribution in [-0.4, -0.2) is 22.1 Å². The van der Waals surface area contributed by atoms with E-state index in [-0.39, 0.29) is 0 Å². The number of aromatic nitrogens is 2. The minimum absolute atomic E-state index is 0.764. The number of fused-ring (bicyclic) bond motifs is 1. The molecule has 1 aromatic carbocycles. The second-order valence-corrected chi connectivity index (χ2v) is 7.02. The molecule has 19 heavy (non-hydrogen) atoms. The highest BCUT2D eigenvalue weighted by atomic mass is 79.9. The summed E-state index contributed by atoms with van der Waals surface area (Å²) in [4.78, 5) is 0. The number of aryl methyl sites for hydroxylation is 1. The molecule has 0 aliphatic heterocycles. The molecule has 0 N–H and O–H groups in total. The summed E-state index contributed by atoms with van der Waals surface area (Å²) in [7, 11) is 1.99. The average Bonchev–Trinajstić information content (AvgIpc) is 3.16. The maximum absolute atomic E-state index is 5.90. The highest BCUT2D eigenvalue weighted by Crippen LogP contribution is 2.36. The molecule has 0 amide bonds. The maximum Gasteiger partial charge on any atom is 0.135 e. The van der Waals surface area contributed by atoms with E-state index in [2.05, 4.69) is 40.1 Å². The first kappa shape index (κ1) is 13.3. The second kappa shape index (κ2) is 5.37. The summed E-state index contributed by atoms with van der Waals surface area (Å²) in [5.41, 5.74) is 1.13.